The van der Waals surface area contributed by atoms with Gasteiger partial charge < -0.3 is 25.6 Å². The Kier molecular flexibility index (Phi) is 5.20. The van der Waals surface area contributed by atoms with Crippen molar-refractivity contribution in [1.29, 1.82) is 0 Å². The molecule has 36 heavy (non-hydrogen) atoms. The van der Waals surface area contributed by atoms with Crippen LogP contribution in [0.15, 0.2) is 46.3 Å². The Morgan fingerprint density at radius 3 is 2.67 bits per heavy atom. The zero-order valence-electron chi connectivity index (χ0n) is 19.4. The second kappa shape index (κ2) is 8.56. The average Bonchev–Trinajstić information content (AvgIpc) is 3.51. The molecule has 0 spiro atoms. The molecule has 1 aromatic carbocycles. The van der Waals surface area contributed by atoms with Crippen LogP contribution in [0.2, 0.25) is 0 Å². The Balaban J connectivity index is 1.33. The predicted molar refractivity (Wildman–Crippen MR) is 132 cm³/mol. The van der Waals surface area contributed by atoms with Crippen LogP contribution in [0.1, 0.15) is 28.9 Å². The van der Waals surface area contributed by atoms with Crippen molar-refractivity contribution < 1.29 is 9.90 Å². The molecular formula is C24H25N9O3. The minimum atomic E-state index is -0.501. The first-order valence-electron chi connectivity index (χ1n) is 11.8. The Labute approximate surface area is 204 Å². The molecule has 12 heteroatoms. The lowest BCUT2D eigenvalue weighted by molar-refractivity contribution is 0.0746. The molecule has 6 rings (SSSR count). The van der Waals surface area contributed by atoms with Gasteiger partial charge >= 0.3 is 5.69 Å². The van der Waals surface area contributed by atoms with Crippen molar-refractivity contribution in [1.82, 2.24) is 29.5 Å². The smallest absolute Gasteiger partial charge is 0.326 e. The van der Waals surface area contributed by atoms with Crippen LogP contribution in [-0.4, -0.2) is 72.7 Å². The summed E-state index contributed by atoms with van der Waals surface area (Å²) in [6.07, 6.45) is 5.34. The maximum absolute atomic E-state index is 12.9. The summed E-state index contributed by atoms with van der Waals surface area (Å²) in [6.45, 7) is 2.32. The minimum Gasteiger partial charge on any atom is -0.493 e. The summed E-state index contributed by atoms with van der Waals surface area (Å²) >= 11 is 0. The van der Waals surface area contributed by atoms with Crippen molar-refractivity contribution in [2.24, 2.45) is 4.99 Å². The monoisotopic (exact) mass is 487 g/mol. The fraction of sp³-hybridized carbons (Fsp3) is 0.292. The Hall–Kier alpha value is -4.61. The summed E-state index contributed by atoms with van der Waals surface area (Å²) in [4.78, 5) is 42.9. The number of carbonyl (C=O) groups excluding carboxylic acids is 1. The summed E-state index contributed by atoms with van der Waals surface area (Å²) in [5, 5.41) is 15.1. The number of rotatable bonds is 4. The van der Waals surface area contributed by atoms with Crippen molar-refractivity contribution in [3.05, 3.63) is 69.0 Å². The van der Waals surface area contributed by atoms with Crippen molar-refractivity contribution in [2.75, 3.05) is 36.8 Å². The third-order valence-corrected chi connectivity index (χ3v) is 6.39. The van der Waals surface area contributed by atoms with Crippen LogP contribution in [0.3, 0.4) is 0 Å². The number of carbonyl (C=O) groups is 1. The van der Waals surface area contributed by atoms with Gasteiger partial charge in [-0.2, -0.15) is 9.61 Å². The highest BCUT2D eigenvalue weighted by atomic mass is 16.3. The summed E-state index contributed by atoms with van der Waals surface area (Å²) in [6, 6.07) is 9.22. The normalized spacial score (nSPS) is 17.3. The van der Waals surface area contributed by atoms with E-state index in [9.17, 15) is 14.7 Å². The van der Waals surface area contributed by atoms with E-state index in [1.165, 1.54) is 0 Å². The zero-order chi connectivity index (χ0) is 24.8. The van der Waals surface area contributed by atoms with Gasteiger partial charge in [0, 0.05) is 48.7 Å². The van der Waals surface area contributed by atoms with Crippen LogP contribution in [0, 0.1) is 0 Å². The molecule has 0 unspecified atom stereocenters. The van der Waals surface area contributed by atoms with Crippen molar-refractivity contribution in [3.63, 3.8) is 0 Å². The summed E-state index contributed by atoms with van der Waals surface area (Å²) < 4.78 is 1.68. The molecule has 1 amide bonds. The predicted octanol–water partition coefficient (Wildman–Crippen LogP) is -0.393. The van der Waals surface area contributed by atoms with E-state index in [1.54, 1.807) is 41.1 Å². The molecule has 3 aromatic heterocycles. The topological polar surface area (TPSA) is 161 Å². The quantitative estimate of drug-likeness (QED) is 0.285. The Morgan fingerprint density at radius 2 is 1.97 bits per heavy atom. The number of hydrogen-bond donors (Lipinski definition) is 4. The lowest BCUT2D eigenvalue weighted by Gasteiger charge is -2.35. The molecule has 0 radical (unpaired) electrons. The van der Waals surface area contributed by atoms with E-state index in [1.807, 2.05) is 11.0 Å². The van der Waals surface area contributed by atoms with Crippen molar-refractivity contribution >= 4 is 29.1 Å². The number of aromatic amines is 2. The van der Waals surface area contributed by atoms with Crippen LogP contribution in [0.5, 0.6) is 5.88 Å². The highest BCUT2D eigenvalue weighted by Gasteiger charge is 2.25. The maximum atomic E-state index is 12.9. The molecule has 4 heterocycles. The maximum Gasteiger partial charge on any atom is 0.326 e. The molecule has 5 N–H and O–H groups in total. The SMILES string of the molecule is Nc1cccc(C(=O)N2CCN(c3cc(=NC4CC4)n4ncc(=Cc5[nH]c(=O)[nH]c5O)c4n3)CC2)c1. The molecule has 0 bridgehead atoms. The molecule has 2 aliphatic rings. The lowest BCUT2D eigenvalue weighted by atomic mass is 10.1. The summed E-state index contributed by atoms with van der Waals surface area (Å²) in [5.74, 6) is 0.446. The van der Waals surface area contributed by atoms with Gasteiger partial charge in [0.25, 0.3) is 5.91 Å². The third-order valence-electron chi connectivity index (χ3n) is 6.39. The Morgan fingerprint density at radius 1 is 1.17 bits per heavy atom. The molecule has 12 nitrogen and oxygen atoms in total. The van der Waals surface area contributed by atoms with Gasteiger partial charge in [0.15, 0.2) is 11.1 Å². The first-order chi connectivity index (χ1) is 17.4. The zero-order valence-corrected chi connectivity index (χ0v) is 19.4. The van der Waals surface area contributed by atoms with E-state index in [0.717, 1.165) is 18.7 Å². The number of nitrogens with two attached hydrogens (primary N) is 1. The number of nitrogen functional groups attached to an aromatic ring is 1. The number of benzene rings is 1. The number of fused-ring (bicyclic) bond motifs is 1. The summed E-state index contributed by atoms with van der Waals surface area (Å²) in [5.41, 5.74) is 8.00. The minimum absolute atomic E-state index is 0.0391. The first-order valence-corrected chi connectivity index (χ1v) is 11.8. The number of aromatic hydroxyl groups is 1. The van der Waals surface area contributed by atoms with Gasteiger partial charge in [-0.05, 0) is 37.1 Å². The molecule has 1 aliphatic carbocycles. The van der Waals surface area contributed by atoms with E-state index in [-0.39, 0.29) is 23.5 Å². The number of hydrogen-bond acceptors (Lipinski definition) is 8. The molecule has 4 aromatic rings. The van der Waals surface area contributed by atoms with Crippen molar-refractivity contribution in [2.45, 2.75) is 18.9 Å². The van der Waals surface area contributed by atoms with Gasteiger partial charge in [0.2, 0.25) is 5.88 Å². The highest BCUT2D eigenvalue weighted by molar-refractivity contribution is 5.95. The van der Waals surface area contributed by atoms with Gasteiger partial charge in [-0.25, -0.2) is 9.78 Å². The van der Waals surface area contributed by atoms with E-state index in [2.05, 4.69) is 20.0 Å². The molecule has 1 saturated heterocycles. The van der Waals surface area contributed by atoms with Crippen LogP contribution < -0.4 is 27.0 Å². The number of imidazole rings is 1. The van der Waals surface area contributed by atoms with Gasteiger partial charge in [0.1, 0.15) is 11.5 Å². The van der Waals surface area contributed by atoms with E-state index in [0.29, 0.717) is 53.8 Å². The van der Waals surface area contributed by atoms with E-state index < -0.39 is 5.69 Å². The molecule has 184 valence electrons. The molecular weight excluding hydrogens is 462 g/mol. The van der Waals surface area contributed by atoms with Crippen LogP contribution in [0.25, 0.3) is 11.7 Å². The number of piperazine rings is 1. The average molecular weight is 488 g/mol. The number of amides is 1. The largest absolute Gasteiger partial charge is 0.493 e. The molecule has 1 aliphatic heterocycles. The molecule has 0 atom stereocenters. The van der Waals surface area contributed by atoms with Gasteiger partial charge in [-0.1, -0.05) is 6.07 Å². The standard InChI is InChI=1S/C24H25N9O3/c25-16-3-1-2-14(10-16)23(35)32-8-6-31(7-9-32)19-12-20(27-17-4-5-17)33-21(29-19)15(13-26-33)11-18-22(34)30-24(36)28-18/h1-3,10-13,17,34H,4-9,25H2,(H2,28,30,36). The number of nitrogens with one attached hydrogen (secondary N) is 2. The highest BCUT2D eigenvalue weighted by Crippen LogP contribution is 2.23. The number of nitrogens with zero attached hydrogens (tertiary/aromatic N) is 6. The number of aromatic nitrogens is 5. The summed E-state index contributed by atoms with van der Waals surface area (Å²) in [7, 11) is 0. The fourth-order valence-corrected chi connectivity index (χ4v) is 4.34. The number of anilines is 2. The molecule has 1 saturated carbocycles. The molecule has 2 fully saturated rings. The van der Waals surface area contributed by atoms with Crippen LogP contribution >= 0.6 is 0 Å². The number of H-pyrrole nitrogens is 2. The van der Waals surface area contributed by atoms with Gasteiger partial charge in [0.05, 0.1) is 12.2 Å². The first kappa shape index (κ1) is 21.9. The van der Waals surface area contributed by atoms with E-state index >= 15 is 0 Å². The van der Waals surface area contributed by atoms with Crippen molar-refractivity contribution in [3.8, 4) is 5.88 Å². The van der Waals surface area contributed by atoms with Gasteiger partial charge in [-0.3, -0.25) is 14.8 Å². The van der Waals surface area contributed by atoms with Gasteiger partial charge in [-0.15, -0.1) is 0 Å². The fourth-order valence-electron chi connectivity index (χ4n) is 4.34. The van der Waals surface area contributed by atoms with Crippen LogP contribution in [0.4, 0.5) is 11.5 Å². The van der Waals surface area contributed by atoms with E-state index in [4.69, 9.17) is 15.7 Å². The second-order valence-corrected chi connectivity index (χ2v) is 9.06. The second-order valence-electron chi connectivity index (χ2n) is 9.06. The van der Waals surface area contributed by atoms with Crippen LogP contribution in [-0.2, 0) is 0 Å². The lowest BCUT2D eigenvalue weighted by Crippen LogP contribution is -2.49. The third kappa shape index (κ3) is 4.17. The Bertz CT molecular complexity index is 1640.